The van der Waals surface area contributed by atoms with Crippen molar-refractivity contribution in [3.8, 4) is 5.75 Å². The van der Waals surface area contributed by atoms with Gasteiger partial charge in [-0.1, -0.05) is 11.6 Å². The highest BCUT2D eigenvalue weighted by molar-refractivity contribution is 6.30. The van der Waals surface area contributed by atoms with Crippen LogP contribution in [0.25, 0.3) is 0 Å². The molecular formula is C16H25ClN2O3. The molecule has 1 unspecified atom stereocenters. The quantitative estimate of drug-likeness (QED) is 0.828. The summed E-state index contributed by atoms with van der Waals surface area (Å²) < 4.78 is 5.30. The first-order valence-electron chi connectivity index (χ1n) is 7.60. The fraction of sp³-hybridized carbons (Fsp3) is 0.625. The van der Waals surface area contributed by atoms with Gasteiger partial charge in [-0.15, -0.1) is 0 Å². The number of aliphatic hydroxyl groups is 1. The third-order valence-electron chi connectivity index (χ3n) is 3.88. The number of hydrogen-bond donors (Lipinski definition) is 2. The van der Waals surface area contributed by atoms with Gasteiger partial charge in [-0.3, -0.25) is 9.80 Å². The minimum atomic E-state index is -0.425. The van der Waals surface area contributed by atoms with E-state index in [1.54, 1.807) is 12.1 Å². The molecule has 1 aromatic carbocycles. The van der Waals surface area contributed by atoms with Crippen LogP contribution in [0.15, 0.2) is 12.1 Å². The molecule has 5 nitrogen and oxygen atoms in total. The molecule has 6 heteroatoms. The predicted octanol–water partition coefficient (Wildman–Crippen LogP) is 1.48. The molecule has 0 spiro atoms. The van der Waals surface area contributed by atoms with Crippen LogP contribution >= 0.6 is 11.6 Å². The van der Waals surface area contributed by atoms with Crippen molar-refractivity contribution < 1.29 is 14.9 Å². The van der Waals surface area contributed by atoms with Crippen molar-refractivity contribution in [2.75, 3.05) is 46.4 Å². The van der Waals surface area contributed by atoms with Crippen molar-refractivity contribution >= 4 is 11.6 Å². The van der Waals surface area contributed by atoms with Gasteiger partial charge in [0.15, 0.2) is 0 Å². The number of aryl methyl sites for hydroxylation is 1. The normalized spacial score (nSPS) is 17.9. The summed E-state index contributed by atoms with van der Waals surface area (Å²) in [4.78, 5) is 4.21. The Morgan fingerprint density at radius 2 is 2.05 bits per heavy atom. The van der Waals surface area contributed by atoms with E-state index in [-0.39, 0.29) is 5.75 Å². The lowest BCUT2D eigenvalue weighted by Gasteiger charge is -2.30. The van der Waals surface area contributed by atoms with E-state index in [0.717, 1.165) is 37.4 Å². The molecule has 0 amide bonds. The Kier molecular flexibility index (Phi) is 6.47. The van der Waals surface area contributed by atoms with E-state index in [0.29, 0.717) is 24.7 Å². The Labute approximate surface area is 137 Å². The SMILES string of the molecule is Cc1cc(Cl)cc(CN(C)CC(O)CN2CCOCC2)c1O. The first-order valence-corrected chi connectivity index (χ1v) is 7.98. The van der Waals surface area contributed by atoms with Crippen LogP contribution in [0, 0.1) is 6.92 Å². The van der Waals surface area contributed by atoms with Crippen LogP contribution in [0.1, 0.15) is 11.1 Å². The topological polar surface area (TPSA) is 56.2 Å². The molecule has 0 radical (unpaired) electrons. The maximum atomic E-state index is 10.2. The lowest BCUT2D eigenvalue weighted by Crippen LogP contribution is -2.43. The summed E-state index contributed by atoms with van der Waals surface area (Å²) in [7, 11) is 1.93. The van der Waals surface area contributed by atoms with Crippen LogP contribution < -0.4 is 0 Å². The standard InChI is InChI=1S/C16H25ClN2O3/c1-12-7-14(17)8-13(16(12)21)9-18(2)10-15(20)11-19-3-5-22-6-4-19/h7-8,15,20-21H,3-6,9-11H2,1-2H3. The average molecular weight is 329 g/mol. The van der Waals surface area contributed by atoms with Crippen molar-refractivity contribution in [1.82, 2.24) is 9.80 Å². The molecule has 1 saturated heterocycles. The molecule has 2 N–H and O–H groups in total. The Morgan fingerprint density at radius 1 is 1.36 bits per heavy atom. The van der Waals surface area contributed by atoms with Crippen molar-refractivity contribution in [3.05, 3.63) is 28.3 Å². The van der Waals surface area contributed by atoms with Gasteiger partial charge in [0.05, 0.1) is 19.3 Å². The second kappa shape index (κ2) is 8.13. The van der Waals surface area contributed by atoms with Crippen molar-refractivity contribution in [1.29, 1.82) is 0 Å². The molecule has 0 aliphatic carbocycles. The van der Waals surface area contributed by atoms with E-state index >= 15 is 0 Å². The number of aromatic hydroxyl groups is 1. The molecule has 1 aromatic rings. The van der Waals surface area contributed by atoms with Crippen LogP contribution in [-0.2, 0) is 11.3 Å². The summed E-state index contributed by atoms with van der Waals surface area (Å²) in [6, 6.07) is 3.52. The first-order chi connectivity index (χ1) is 10.5. The van der Waals surface area contributed by atoms with Gasteiger partial charge in [-0.05, 0) is 31.7 Å². The molecule has 124 valence electrons. The highest BCUT2D eigenvalue weighted by Gasteiger charge is 2.17. The summed E-state index contributed by atoms with van der Waals surface area (Å²) in [5.41, 5.74) is 1.55. The number of hydrogen-bond acceptors (Lipinski definition) is 5. The van der Waals surface area contributed by atoms with Gasteiger partial charge >= 0.3 is 0 Å². The number of benzene rings is 1. The minimum Gasteiger partial charge on any atom is -0.507 e. The average Bonchev–Trinajstić information content (AvgIpc) is 2.45. The lowest BCUT2D eigenvalue weighted by atomic mass is 10.1. The maximum Gasteiger partial charge on any atom is 0.123 e. The molecule has 1 heterocycles. The number of phenolic OH excluding ortho intramolecular Hbond substituents is 1. The Hall–Kier alpha value is -0.850. The van der Waals surface area contributed by atoms with E-state index in [4.69, 9.17) is 16.3 Å². The van der Waals surface area contributed by atoms with Crippen LogP contribution in [0.3, 0.4) is 0 Å². The monoisotopic (exact) mass is 328 g/mol. The van der Waals surface area contributed by atoms with Crippen LogP contribution in [0.5, 0.6) is 5.75 Å². The largest absolute Gasteiger partial charge is 0.507 e. The summed E-state index contributed by atoms with van der Waals surface area (Å²) in [6.07, 6.45) is -0.425. The van der Waals surface area contributed by atoms with Gasteiger partial charge in [-0.2, -0.15) is 0 Å². The number of ether oxygens (including phenoxy) is 1. The van der Waals surface area contributed by atoms with Gasteiger partial charge in [0.1, 0.15) is 5.75 Å². The Bertz CT molecular complexity index is 493. The van der Waals surface area contributed by atoms with Gasteiger partial charge in [0.2, 0.25) is 0 Å². The van der Waals surface area contributed by atoms with Crippen LogP contribution in [0.4, 0.5) is 0 Å². The second-order valence-electron chi connectivity index (χ2n) is 5.99. The molecular weight excluding hydrogens is 304 g/mol. The van der Waals surface area contributed by atoms with E-state index in [9.17, 15) is 10.2 Å². The van der Waals surface area contributed by atoms with Gasteiger partial charge in [0.25, 0.3) is 0 Å². The van der Waals surface area contributed by atoms with E-state index in [1.807, 2.05) is 18.9 Å². The van der Waals surface area contributed by atoms with Crippen molar-refractivity contribution in [3.63, 3.8) is 0 Å². The molecule has 1 fully saturated rings. The molecule has 0 aromatic heterocycles. The summed E-state index contributed by atoms with van der Waals surface area (Å²) >= 11 is 6.04. The second-order valence-corrected chi connectivity index (χ2v) is 6.43. The van der Waals surface area contributed by atoms with Crippen molar-refractivity contribution in [2.45, 2.75) is 19.6 Å². The van der Waals surface area contributed by atoms with E-state index in [2.05, 4.69) is 4.90 Å². The van der Waals surface area contributed by atoms with Gasteiger partial charge in [0, 0.05) is 43.3 Å². The number of nitrogens with zero attached hydrogens (tertiary/aromatic N) is 2. The number of likely N-dealkylation sites (N-methyl/N-ethyl adjacent to an activating group) is 1. The maximum absolute atomic E-state index is 10.2. The van der Waals surface area contributed by atoms with Gasteiger partial charge < -0.3 is 14.9 Å². The van der Waals surface area contributed by atoms with Crippen LogP contribution in [0.2, 0.25) is 5.02 Å². The number of β-amino-alcohol motifs (C(OH)–C–C–N with tert-alkyl or cyclic N) is 1. The molecule has 0 bridgehead atoms. The third-order valence-corrected chi connectivity index (χ3v) is 4.10. The molecule has 2 rings (SSSR count). The number of rotatable bonds is 6. The van der Waals surface area contributed by atoms with Crippen molar-refractivity contribution in [2.24, 2.45) is 0 Å². The number of phenols is 1. The third kappa shape index (κ3) is 5.11. The predicted molar refractivity (Wildman–Crippen MR) is 87.5 cm³/mol. The van der Waals surface area contributed by atoms with Gasteiger partial charge in [-0.25, -0.2) is 0 Å². The highest BCUT2D eigenvalue weighted by atomic mass is 35.5. The zero-order valence-electron chi connectivity index (χ0n) is 13.3. The lowest BCUT2D eigenvalue weighted by molar-refractivity contribution is 0.00821. The molecule has 1 aliphatic heterocycles. The van der Waals surface area contributed by atoms with E-state index in [1.165, 1.54) is 0 Å². The summed E-state index contributed by atoms with van der Waals surface area (Å²) in [6.45, 7) is 6.78. The summed E-state index contributed by atoms with van der Waals surface area (Å²) in [5, 5.41) is 20.9. The minimum absolute atomic E-state index is 0.277. The Balaban J connectivity index is 1.85. The number of aliphatic hydroxyl groups excluding tert-OH is 1. The molecule has 22 heavy (non-hydrogen) atoms. The molecule has 1 atom stereocenters. The number of morpholine rings is 1. The summed E-state index contributed by atoms with van der Waals surface area (Å²) in [5.74, 6) is 0.277. The Morgan fingerprint density at radius 3 is 2.73 bits per heavy atom. The number of halogens is 1. The fourth-order valence-corrected chi connectivity index (χ4v) is 3.08. The highest BCUT2D eigenvalue weighted by Crippen LogP contribution is 2.27. The smallest absolute Gasteiger partial charge is 0.123 e. The van der Waals surface area contributed by atoms with Crippen LogP contribution in [-0.4, -0.2) is 72.6 Å². The zero-order valence-corrected chi connectivity index (χ0v) is 14.0. The molecule has 1 aliphatic rings. The molecule has 0 saturated carbocycles. The fourth-order valence-electron chi connectivity index (χ4n) is 2.78. The van der Waals surface area contributed by atoms with E-state index < -0.39 is 6.10 Å². The first kappa shape index (κ1) is 17.5. The zero-order chi connectivity index (χ0) is 16.1.